The van der Waals surface area contributed by atoms with Gasteiger partial charge in [0.15, 0.2) is 0 Å². The second-order valence-corrected chi connectivity index (χ2v) is 12.9. The molecule has 3 aromatic carbocycles. The second-order valence-electron chi connectivity index (χ2n) is 12.9. The molecule has 0 fully saturated rings. The Balaban J connectivity index is 1.40. The van der Waals surface area contributed by atoms with E-state index in [9.17, 15) is 4.79 Å². The Hall–Kier alpha value is -3.53. The van der Waals surface area contributed by atoms with Gasteiger partial charge in [-0.05, 0) is 29.7 Å². The Morgan fingerprint density at radius 1 is 0.689 bits per heavy atom. The normalized spacial score (nSPS) is 12.0. The number of fused-ring (bicyclic) bond motifs is 1. The van der Waals surface area contributed by atoms with Crippen molar-refractivity contribution in [3.63, 3.8) is 0 Å². The fourth-order valence-electron chi connectivity index (χ4n) is 6.78. The minimum absolute atomic E-state index is 0.125. The van der Waals surface area contributed by atoms with Crippen molar-refractivity contribution in [3.8, 4) is 0 Å². The summed E-state index contributed by atoms with van der Waals surface area (Å²) in [5, 5.41) is 1.09. The minimum atomic E-state index is -0.235. The van der Waals surface area contributed by atoms with E-state index in [1.807, 2.05) is 23.7 Å². The van der Waals surface area contributed by atoms with Gasteiger partial charge in [-0.1, -0.05) is 157 Å². The molecule has 1 unspecified atom stereocenters. The molecule has 0 saturated carbocycles. The Morgan fingerprint density at radius 3 is 1.84 bits per heavy atom. The molecule has 45 heavy (non-hydrogen) atoms. The molecule has 4 heteroatoms. The molecule has 4 rings (SSSR count). The molecule has 0 aliphatic carbocycles. The van der Waals surface area contributed by atoms with Gasteiger partial charge in [0, 0.05) is 49.2 Å². The number of carbonyl (C=O) groups excluding carboxylic acids is 1. The number of hydrogen-bond donors (Lipinski definition) is 0. The predicted octanol–water partition coefficient (Wildman–Crippen LogP) is 11.1. The van der Waals surface area contributed by atoms with Crippen LogP contribution in [-0.4, -0.2) is 31.2 Å². The van der Waals surface area contributed by atoms with Crippen LogP contribution in [0.15, 0.2) is 78.9 Å². The standard InChI is InChI=1S/C41H56N2O2/c1-5-6-7-8-9-10-11-12-13-14-15-16-17-25-32-45-41(44)40-39(35-29-22-24-31-37(35)43(40)4)38(33-26-19-18-20-27-33)34-28-21-23-30-36(34)42(2)3/h18-24,26-31,38H,5-17,25,32H2,1-4H3. The highest BCUT2D eigenvalue weighted by Crippen LogP contribution is 2.43. The third-order valence-electron chi connectivity index (χ3n) is 9.22. The Kier molecular flexibility index (Phi) is 14.1. The lowest BCUT2D eigenvalue weighted by molar-refractivity contribution is 0.0485. The lowest BCUT2D eigenvalue weighted by atomic mass is 9.82. The number of unbranched alkanes of at least 4 members (excludes halogenated alkanes) is 13. The molecule has 0 amide bonds. The van der Waals surface area contributed by atoms with E-state index in [0.29, 0.717) is 12.3 Å². The topological polar surface area (TPSA) is 34.5 Å². The van der Waals surface area contributed by atoms with Crippen LogP contribution in [0.3, 0.4) is 0 Å². The summed E-state index contributed by atoms with van der Waals surface area (Å²) in [7, 11) is 6.15. The number of aryl methyl sites for hydroxylation is 1. The molecule has 1 atom stereocenters. The molecular formula is C41H56N2O2. The fourth-order valence-corrected chi connectivity index (χ4v) is 6.78. The van der Waals surface area contributed by atoms with Crippen molar-refractivity contribution in [3.05, 3.63) is 101 Å². The summed E-state index contributed by atoms with van der Waals surface area (Å²) < 4.78 is 8.05. The van der Waals surface area contributed by atoms with Gasteiger partial charge in [0.2, 0.25) is 0 Å². The zero-order valence-electron chi connectivity index (χ0n) is 28.4. The number of carbonyl (C=O) groups is 1. The lowest BCUT2D eigenvalue weighted by Gasteiger charge is -2.25. The van der Waals surface area contributed by atoms with E-state index in [2.05, 4.69) is 92.6 Å². The molecule has 1 aromatic heterocycles. The van der Waals surface area contributed by atoms with Crippen molar-refractivity contribution in [2.45, 2.75) is 103 Å². The second kappa shape index (κ2) is 18.4. The molecule has 242 valence electrons. The molecule has 0 radical (unpaired) electrons. The summed E-state index contributed by atoms with van der Waals surface area (Å²) in [5.41, 5.74) is 6.17. The molecule has 4 nitrogen and oxygen atoms in total. The third kappa shape index (κ3) is 9.48. The van der Waals surface area contributed by atoms with E-state index in [-0.39, 0.29) is 11.9 Å². The SMILES string of the molecule is CCCCCCCCCCCCCCCCOC(=O)c1c(C(c2ccccc2)c2ccccc2N(C)C)c2ccccc2n1C. The van der Waals surface area contributed by atoms with Gasteiger partial charge in [-0.2, -0.15) is 0 Å². The Labute approximate surface area is 272 Å². The molecule has 0 aliphatic rings. The number of benzene rings is 3. The van der Waals surface area contributed by atoms with Gasteiger partial charge in [-0.25, -0.2) is 4.79 Å². The average molecular weight is 609 g/mol. The number of hydrogen-bond acceptors (Lipinski definition) is 3. The maximum atomic E-state index is 13.9. The van der Waals surface area contributed by atoms with E-state index >= 15 is 0 Å². The summed E-state index contributed by atoms with van der Waals surface area (Å²) in [6, 6.07) is 27.4. The molecule has 0 aliphatic heterocycles. The highest BCUT2D eigenvalue weighted by atomic mass is 16.5. The highest BCUT2D eigenvalue weighted by molar-refractivity contribution is 6.00. The smallest absolute Gasteiger partial charge is 0.355 e. The van der Waals surface area contributed by atoms with Gasteiger partial charge < -0.3 is 14.2 Å². The van der Waals surface area contributed by atoms with Crippen LogP contribution in [0.1, 0.15) is 130 Å². The Bertz CT molecular complexity index is 1440. The van der Waals surface area contributed by atoms with E-state index < -0.39 is 0 Å². The van der Waals surface area contributed by atoms with Crippen LogP contribution in [0, 0.1) is 0 Å². The van der Waals surface area contributed by atoms with Crippen molar-refractivity contribution in [2.75, 3.05) is 25.6 Å². The van der Waals surface area contributed by atoms with Crippen LogP contribution >= 0.6 is 0 Å². The third-order valence-corrected chi connectivity index (χ3v) is 9.22. The minimum Gasteiger partial charge on any atom is -0.461 e. The van der Waals surface area contributed by atoms with Gasteiger partial charge in [-0.3, -0.25) is 0 Å². The number of aromatic nitrogens is 1. The van der Waals surface area contributed by atoms with Crippen LogP contribution in [0.4, 0.5) is 5.69 Å². The predicted molar refractivity (Wildman–Crippen MR) is 192 cm³/mol. The molecule has 1 heterocycles. The number of para-hydroxylation sites is 2. The number of ether oxygens (including phenoxy) is 1. The number of esters is 1. The van der Waals surface area contributed by atoms with E-state index in [0.717, 1.165) is 40.6 Å². The van der Waals surface area contributed by atoms with Crippen LogP contribution in [-0.2, 0) is 11.8 Å². The molecule has 0 spiro atoms. The van der Waals surface area contributed by atoms with Gasteiger partial charge in [0.05, 0.1) is 6.61 Å². The van der Waals surface area contributed by atoms with Gasteiger partial charge in [-0.15, -0.1) is 0 Å². The van der Waals surface area contributed by atoms with Crippen LogP contribution in [0.5, 0.6) is 0 Å². The summed E-state index contributed by atoms with van der Waals surface area (Å²) in [4.78, 5) is 16.1. The zero-order valence-corrected chi connectivity index (χ0v) is 28.4. The van der Waals surface area contributed by atoms with Crippen molar-refractivity contribution < 1.29 is 9.53 Å². The van der Waals surface area contributed by atoms with E-state index in [1.165, 1.54) is 82.6 Å². The largest absolute Gasteiger partial charge is 0.461 e. The fraction of sp³-hybridized carbons (Fsp3) is 0.488. The maximum Gasteiger partial charge on any atom is 0.355 e. The summed E-state index contributed by atoms with van der Waals surface area (Å²) >= 11 is 0. The lowest BCUT2D eigenvalue weighted by Crippen LogP contribution is -2.18. The molecule has 4 aromatic rings. The van der Waals surface area contributed by atoms with Crippen LogP contribution in [0.25, 0.3) is 10.9 Å². The van der Waals surface area contributed by atoms with Crippen LogP contribution < -0.4 is 4.90 Å². The monoisotopic (exact) mass is 608 g/mol. The Morgan fingerprint density at radius 2 is 1.22 bits per heavy atom. The van der Waals surface area contributed by atoms with Gasteiger partial charge in [0.1, 0.15) is 5.69 Å². The summed E-state index contributed by atoms with van der Waals surface area (Å²) in [5.74, 6) is -0.360. The molecule has 0 N–H and O–H groups in total. The van der Waals surface area contributed by atoms with Crippen LogP contribution in [0.2, 0.25) is 0 Å². The highest BCUT2D eigenvalue weighted by Gasteiger charge is 2.31. The molecule has 0 bridgehead atoms. The summed E-state index contributed by atoms with van der Waals surface area (Å²) in [6.45, 7) is 2.74. The van der Waals surface area contributed by atoms with Crippen molar-refractivity contribution >= 4 is 22.6 Å². The first kappa shape index (κ1) is 34.3. The van der Waals surface area contributed by atoms with Crippen molar-refractivity contribution in [2.24, 2.45) is 7.05 Å². The quantitative estimate of drug-likeness (QED) is 0.0739. The first-order valence-corrected chi connectivity index (χ1v) is 17.6. The molecule has 0 saturated heterocycles. The summed E-state index contributed by atoms with van der Waals surface area (Å²) in [6.07, 6.45) is 18.3. The first-order chi connectivity index (χ1) is 22.0. The number of anilines is 1. The average Bonchev–Trinajstić information content (AvgIpc) is 3.35. The van der Waals surface area contributed by atoms with Gasteiger partial charge in [0.25, 0.3) is 0 Å². The number of nitrogens with zero attached hydrogens (tertiary/aromatic N) is 2. The first-order valence-electron chi connectivity index (χ1n) is 17.6. The van der Waals surface area contributed by atoms with Crippen molar-refractivity contribution in [1.29, 1.82) is 0 Å². The van der Waals surface area contributed by atoms with Crippen molar-refractivity contribution in [1.82, 2.24) is 4.57 Å². The van der Waals surface area contributed by atoms with Gasteiger partial charge >= 0.3 is 5.97 Å². The number of rotatable bonds is 20. The van der Waals surface area contributed by atoms with E-state index in [1.54, 1.807) is 0 Å². The molecular weight excluding hydrogens is 552 g/mol. The van der Waals surface area contributed by atoms with E-state index in [4.69, 9.17) is 4.74 Å². The maximum absolute atomic E-state index is 13.9. The zero-order chi connectivity index (χ0) is 31.9.